The van der Waals surface area contributed by atoms with Gasteiger partial charge in [0.1, 0.15) is 6.33 Å². The zero-order valence-electron chi connectivity index (χ0n) is 10.9. The van der Waals surface area contributed by atoms with Crippen LogP contribution in [0.15, 0.2) is 48.8 Å². The van der Waals surface area contributed by atoms with E-state index in [9.17, 15) is 0 Å². The third kappa shape index (κ3) is 2.11. The van der Waals surface area contributed by atoms with Crippen LogP contribution in [0.2, 0.25) is 5.02 Å². The van der Waals surface area contributed by atoms with Gasteiger partial charge in [-0.1, -0.05) is 17.7 Å². The van der Waals surface area contributed by atoms with Crippen LogP contribution in [0.1, 0.15) is 0 Å². The van der Waals surface area contributed by atoms with Crippen LogP contribution >= 0.6 is 11.6 Å². The quantitative estimate of drug-likeness (QED) is 0.728. The molecule has 0 radical (unpaired) electrons. The Hall–Kier alpha value is -2.53. The molecule has 0 atom stereocenters. The highest BCUT2D eigenvalue weighted by atomic mass is 35.5. The lowest BCUT2D eigenvalue weighted by molar-refractivity contribution is 0.174. The van der Waals surface area contributed by atoms with Crippen molar-refractivity contribution in [2.24, 2.45) is 0 Å². The maximum absolute atomic E-state index is 6.04. The molecule has 1 aliphatic heterocycles. The fourth-order valence-corrected chi connectivity index (χ4v) is 2.46. The highest BCUT2D eigenvalue weighted by Crippen LogP contribution is 2.35. The van der Waals surface area contributed by atoms with Gasteiger partial charge in [-0.3, -0.25) is 0 Å². The van der Waals surface area contributed by atoms with Crippen LogP contribution in [-0.4, -0.2) is 21.6 Å². The van der Waals surface area contributed by atoms with E-state index >= 15 is 0 Å². The van der Waals surface area contributed by atoms with Crippen LogP contribution < -0.4 is 9.47 Å². The van der Waals surface area contributed by atoms with Crippen molar-refractivity contribution < 1.29 is 9.47 Å². The minimum absolute atomic E-state index is 0.250. The van der Waals surface area contributed by atoms with Crippen molar-refractivity contribution in [1.82, 2.24) is 14.8 Å². The molecule has 3 aromatic rings. The summed E-state index contributed by atoms with van der Waals surface area (Å²) < 4.78 is 12.5. The first kappa shape index (κ1) is 12.2. The molecule has 5 nitrogen and oxygen atoms in total. The highest BCUT2D eigenvalue weighted by molar-refractivity contribution is 6.30. The fourth-order valence-electron chi connectivity index (χ4n) is 2.27. The smallest absolute Gasteiger partial charge is 0.231 e. The molecule has 0 saturated carbocycles. The van der Waals surface area contributed by atoms with Crippen molar-refractivity contribution in [1.29, 1.82) is 0 Å². The van der Waals surface area contributed by atoms with Gasteiger partial charge in [0.2, 0.25) is 6.79 Å². The summed E-state index contributed by atoms with van der Waals surface area (Å²) in [5.74, 6) is 2.18. The maximum Gasteiger partial charge on any atom is 0.231 e. The molecule has 104 valence electrons. The van der Waals surface area contributed by atoms with E-state index in [4.69, 9.17) is 21.1 Å². The van der Waals surface area contributed by atoms with E-state index < -0.39 is 0 Å². The first-order chi connectivity index (χ1) is 10.3. The lowest BCUT2D eigenvalue weighted by atomic mass is 10.2. The molecule has 0 saturated heterocycles. The summed E-state index contributed by atoms with van der Waals surface area (Å²) in [7, 11) is 0. The molecule has 2 aromatic carbocycles. The molecule has 0 unspecified atom stereocenters. The minimum Gasteiger partial charge on any atom is -0.454 e. The van der Waals surface area contributed by atoms with Gasteiger partial charge in [0.25, 0.3) is 0 Å². The van der Waals surface area contributed by atoms with E-state index in [1.54, 1.807) is 4.68 Å². The van der Waals surface area contributed by atoms with Crippen LogP contribution in [0.4, 0.5) is 0 Å². The van der Waals surface area contributed by atoms with Gasteiger partial charge in [0.05, 0.1) is 5.69 Å². The Morgan fingerprint density at radius 3 is 2.86 bits per heavy atom. The molecule has 0 amide bonds. The topological polar surface area (TPSA) is 49.2 Å². The molecule has 2 heterocycles. The molecule has 0 spiro atoms. The second-order valence-corrected chi connectivity index (χ2v) is 4.98. The number of halogens is 1. The third-order valence-corrected chi connectivity index (χ3v) is 3.47. The standard InChI is InChI=1S/C15H10ClN3O2/c16-11-2-1-3-12(7-11)19-15(17-8-18-19)10-4-5-13-14(6-10)21-9-20-13/h1-8H,9H2. The first-order valence-corrected chi connectivity index (χ1v) is 6.75. The van der Waals surface area contributed by atoms with E-state index in [0.29, 0.717) is 10.8 Å². The number of nitrogens with zero attached hydrogens (tertiary/aromatic N) is 3. The van der Waals surface area contributed by atoms with Crippen molar-refractivity contribution in [3.05, 3.63) is 53.8 Å². The van der Waals surface area contributed by atoms with Crippen molar-refractivity contribution in [2.45, 2.75) is 0 Å². The number of hydrogen-bond donors (Lipinski definition) is 0. The van der Waals surface area contributed by atoms with E-state index in [0.717, 1.165) is 22.8 Å². The van der Waals surface area contributed by atoms with Gasteiger partial charge < -0.3 is 9.47 Å². The molecule has 6 heteroatoms. The van der Waals surface area contributed by atoms with E-state index in [1.807, 2.05) is 42.5 Å². The number of ether oxygens (including phenoxy) is 2. The van der Waals surface area contributed by atoms with Gasteiger partial charge >= 0.3 is 0 Å². The Balaban J connectivity index is 1.82. The van der Waals surface area contributed by atoms with Crippen LogP contribution in [0, 0.1) is 0 Å². The average molecular weight is 300 g/mol. The molecule has 0 bridgehead atoms. The van der Waals surface area contributed by atoms with Gasteiger partial charge in [-0.25, -0.2) is 9.67 Å². The fraction of sp³-hybridized carbons (Fsp3) is 0.0667. The van der Waals surface area contributed by atoms with Crippen LogP contribution in [-0.2, 0) is 0 Å². The van der Waals surface area contributed by atoms with Crippen LogP contribution in [0.25, 0.3) is 17.1 Å². The third-order valence-electron chi connectivity index (χ3n) is 3.23. The molecule has 4 rings (SSSR count). The lowest BCUT2D eigenvalue weighted by Gasteiger charge is -2.07. The zero-order valence-corrected chi connectivity index (χ0v) is 11.6. The van der Waals surface area contributed by atoms with E-state index in [2.05, 4.69) is 10.1 Å². The SMILES string of the molecule is Clc1cccc(-n2ncnc2-c2ccc3c(c2)OCO3)c1. The molecule has 21 heavy (non-hydrogen) atoms. The average Bonchev–Trinajstić information content (AvgIpc) is 3.15. The molecular weight excluding hydrogens is 290 g/mol. The summed E-state index contributed by atoms with van der Waals surface area (Å²) in [5, 5.41) is 4.92. The Kier molecular flexibility index (Phi) is 2.79. The molecule has 0 fully saturated rings. The van der Waals surface area contributed by atoms with Crippen molar-refractivity contribution in [3.63, 3.8) is 0 Å². The largest absolute Gasteiger partial charge is 0.454 e. The van der Waals surface area contributed by atoms with Gasteiger partial charge in [-0.2, -0.15) is 5.10 Å². The molecular formula is C15H10ClN3O2. The van der Waals surface area contributed by atoms with E-state index in [1.165, 1.54) is 6.33 Å². The van der Waals surface area contributed by atoms with Crippen molar-refractivity contribution in [2.75, 3.05) is 6.79 Å². The van der Waals surface area contributed by atoms with Gasteiger partial charge in [0.15, 0.2) is 17.3 Å². The molecule has 0 N–H and O–H groups in total. The first-order valence-electron chi connectivity index (χ1n) is 6.37. The number of aromatic nitrogens is 3. The Morgan fingerprint density at radius 2 is 1.95 bits per heavy atom. The van der Waals surface area contributed by atoms with Gasteiger partial charge in [-0.15, -0.1) is 0 Å². The Morgan fingerprint density at radius 1 is 1.05 bits per heavy atom. The maximum atomic E-state index is 6.04. The summed E-state index contributed by atoms with van der Waals surface area (Å²) in [5.41, 5.74) is 1.75. The lowest BCUT2D eigenvalue weighted by Crippen LogP contribution is -1.99. The molecule has 0 aliphatic carbocycles. The van der Waals surface area contributed by atoms with Crippen molar-refractivity contribution >= 4 is 11.6 Å². The predicted octanol–water partition coefficient (Wildman–Crippen LogP) is 3.32. The minimum atomic E-state index is 0.250. The van der Waals surface area contributed by atoms with E-state index in [-0.39, 0.29) is 6.79 Å². The number of rotatable bonds is 2. The van der Waals surface area contributed by atoms with Crippen LogP contribution in [0.3, 0.4) is 0 Å². The second-order valence-electron chi connectivity index (χ2n) is 4.54. The number of benzene rings is 2. The summed E-state index contributed by atoms with van der Waals surface area (Å²) in [6.45, 7) is 0.250. The predicted molar refractivity (Wildman–Crippen MR) is 77.9 cm³/mol. The molecule has 1 aliphatic rings. The normalized spacial score (nSPS) is 12.6. The number of fused-ring (bicyclic) bond motifs is 1. The highest BCUT2D eigenvalue weighted by Gasteiger charge is 2.16. The number of hydrogen-bond acceptors (Lipinski definition) is 4. The summed E-state index contributed by atoms with van der Waals surface area (Å²) in [6.07, 6.45) is 1.51. The Labute approximate surface area is 125 Å². The van der Waals surface area contributed by atoms with Crippen molar-refractivity contribution in [3.8, 4) is 28.6 Å². The molecule has 1 aromatic heterocycles. The van der Waals surface area contributed by atoms with Gasteiger partial charge in [0, 0.05) is 10.6 Å². The zero-order chi connectivity index (χ0) is 14.2. The summed E-state index contributed by atoms with van der Waals surface area (Å²) in [4.78, 5) is 4.33. The summed E-state index contributed by atoms with van der Waals surface area (Å²) in [6, 6.07) is 13.2. The Bertz CT molecular complexity index is 816. The van der Waals surface area contributed by atoms with Gasteiger partial charge in [-0.05, 0) is 36.4 Å². The monoisotopic (exact) mass is 299 g/mol. The van der Waals surface area contributed by atoms with Crippen LogP contribution in [0.5, 0.6) is 11.5 Å². The second kappa shape index (κ2) is 4.79. The summed E-state index contributed by atoms with van der Waals surface area (Å²) >= 11 is 6.04.